The molecule has 0 aliphatic rings. The van der Waals surface area contributed by atoms with E-state index in [1.165, 1.54) is 17.0 Å². The second kappa shape index (κ2) is 17.0. The molecule has 0 saturated heterocycles. The molecule has 0 N–H and O–H groups in total. The van der Waals surface area contributed by atoms with Crippen molar-refractivity contribution in [1.82, 2.24) is 10.2 Å². The topological polar surface area (TPSA) is 59.9 Å². The largest absolute Gasteiger partial charge is 3.00 e. The molecule has 109 valence electrons. The summed E-state index contributed by atoms with van der Waals surface area (Å²) in [7, 11) is 0. The van der Waals surface area contributed by atoms with Gasteiger partial charge >= 0.3 is 19.5 Å². The number of hydrogen-bond acceptors (Lipinski definition) is 4. The van der Waals surface area contributed by atoms with Gasteiger partial charge in [-0.3, -0.25) is 13.6 Å². The molecule has 19 heavy (non-hydrogen) atoms. The van der Waals surface area contributed by atoms with E-state index in [4.69, 9.17) is 9.59 Å². The predicted octanol–water partition coefficient (Wildman–Crippen LogP) is 2.78. The van der Waals surface area contributed by atoms with Gasteiger partial charge in [0.05, 0.1) is 11.4 Å². The Bertz CT molecular complexity index is 300. The van der Waals surface area contributed by atoms with E-state index in [1.54, 1.807) is 0 Å². The maximum absolute atomic E-state index is 7.75. The van der Waals surface area contributed by atoms with Crippen LogP contribution in [-0.4, -0.2) is 23.8 Å². The average molecular weight is 352 g/mol. The Hall–Kier alpha value is -0.957. The zero-order valence-corrected chi connectivity index (χ0v) is 14.5. The second-order valence-corrected chi connectivity index (χ2v) is 4.12. The van der Waals surface area contributed by atoms with Gasteiger partial charge in [-0.1, -0.05) is 0 Å². The first-order chi connectivity index (χ1) is 8.36. The van der Waals surface area contributed by atoms with Crippen molar-refractivity contribution in [2.24, 2.45) is 0 Å². The summed E-state index contributed by atoms with van der Waals surface area (Å²) in [4.78, 5) is 15.5. The standard InChI is InChI=1S/C8H12N2.C4H9.2CHO.Ru/c1-5-6(2)8(4)10-9-7(5)3;1-4(2)3;2*1-2;/h1-4H3;1-3H3;2*1H;/q;3*-1;+3. The quantitative estimate of drug-likeness (QED) is 0.409. The monoisotopic (exact) mass is 353 g/mol. The van der Waals surface area contributed by atoms with Crippen molar-refractivity contribution < 1.29 is 29.1 Å². The number of nitrogens with zero attached hydrogens (tertiary/aromatic N) is 2. The summed E-state index contributed by atoms with van der Waals surface area (Å²) in [5.74, 6) is 1.42. The summed E-state index contributed by atoms with van der Waals surface area (Å²) in [5.41, 5.74) is 4.58. The first kappa shape index (κ1) is 26.6. The Kier molecular flexibility index (Phi) is 23.8. The number of hydrogen-bond donors (Lipinski definition) is 0. The Balaban J connectivity index is -0.000000107. The summed E-state index contributed by atoms with van der Waals surface area (Å²) in [6.07, 6.45) is 0. The Morgan fingerprint density at radius 1 is 0.737 bits per heavy atom. The van der Waals surface area contributed by atoms with Crippen LogP contribution in [0, 0.1) is 33.6 Å². The molecule has 0 amide bonds. The van der Waals surface area contributed by atoms with Gasteiger partial charge in [0.2, 0.25) is 0 Å². The minimum atomic E-state index is 0. The van der Waals surface area contributed by atoms with E-state index >= 15 is 0 Å². The zero-order chi connectivity index (χ0) is 15.3. The van der Waals surface area contributed by atoms with Gasteiger partial charge in [-0.15, -0.1) is 0 Å². The number of aromatic nitrogens is 2. The predicted molar refractivity (Wildman–Crippen MR) is 74.7 cm³/mol. The van der Waals surface area contributed by atoms with Crippen molar-refractivity contribution in [3.8, 4) is 0 Å². The molecular weight excluding hydrogens is 329 g/mol. The third-order valence-electron chi connectivity index (χ3n) is 2.00. The van der Waals surface area contributed by atoms with Crippen LogP contribution in [0.1, 0.15) is 43.3 Å². The van der Waals surface area contributed by atoms with Crippen LogP contribution in [0.25, 0.3) is 0 Å². The SMILES string of the molecule is C[C-](C)C.Cc1nnc(C)c(C)c1C.[CH-]=O.[CH-]=O.[Ru+3]. The third-order valence-corrected chi connectivity index (χ3v) is 2.00. The maximum atomic E-state index is 7.75. The molecule has 0 saturated carbocycles. The van der Waals surface area contributed by atoms with Crippen molar-refractivity contribution in [3.63, 3.8) is 0 Å². The van der Waals surface area contributed by atoms with Crippen LogP contribution in [0.5, 0.6) is 0 Å². The normalized spacial score (nSPS) is 7.58. The summed E-state index contributed by atoms with van der Waals surface area (Å²) in [6.45, 7) is 20.9. The van der Waals surface area contributed by atoms with Crippen molar-refractivity contribution in [1.29, 1.82) is 0 Å². The van der Waals surface area contributed by atoms with Crippen LogP contribution in [0.4, 0.5) is 0 Å². The van der Waals surface area contributed by atoms with E-state index in [-0.39, 0.29) is 19.5 Å². The van der Waals surface area contributed by atoms with Crippen LogP contribution in [-0.2, 0) is 29.1 Å². The summed E-state index contributed by atoms with van der Waals surface area (Å²) < 4.78 is 0. The number of aryl methyl sites for hydroxylation is 2. The molecule has 1 rings (SSSR count). The molecule has 5 heteroatoms. The second-order valence-electron chi connectivity index (χ2n) is 4.12. The molecule has 0 unspecified atom stereocenters. The summed E-state index contributed by atoms with van der Waals surface area (Å²) in [5, 5.41) is 7.98. The smallest absolute Gasteiger partial charge is 0.545 e. The number of rotatable bonds is 0. The van der Waals surface area contributed by atoms with E-state index in [1.807, 2.05) is 13.8 Å². The van der Waals surface area contributed by atoms with E-state index in [0.717, 1.165) is 11.4 Å². The number of carbonyl (C=O) groups excluding carboxylic acids is 2. The molecule has 0 atom stereocenters. The van der Waals surface area contributed by atoms with Gasteiger partial charge in [0.15, 0.2) is 0 Å². The van der Waals surface area contributed by atoms with Crippen LogP contribution in [0.3, 0.4) is 0 Å². The minimum Gasteiger partial charge on any atom is -0.545 e. The molecule has 1 aromatic heterocycles. The maximum Gasteiger partial charge on any atom is 3.00 e. The fraction of sp³-hybridized carbons (Fsp3) is 0.500. The molecule has 0 bridgehead atoms. The van der Waals surface area contributed by atoms with Gasteiger partial charge in [0.25, 0.3) is 0 Å². The van der Waals surface area contributed by atoms with Gasteiger partial charge in [0.1, 0.15) is 0 Å². The van der Waals surface area contributed by atoms with Gasteiger partial charge in [-0.05, 0) is 38.8 Å². The zero-order valence-electron chi connectivity index (χ0n) is 12.7. The summed E-state index contributed by atoms with van der Waals surface area (Å²) in [6, 6.07) is 0. The van der Waals surface area contributed by atoms with Crippen LogP contribution < -0.4 is 0 Å². The molecule has 1 radical (unpaired) electrons. The van der Waals surface area contributed by atoms with Crippen LogP contribution in [0.15, 0.2) is 0 Å². The van der Waals surface area contributed by atoms with Crippen LogP contribution in [0.2, 0.25) is 0 Å². The molecule has 0 aromatic carbocycles. The van der Waals surface area contributed by atoms with Gasteiger partial charge in [-0.2, -0.15) is 31.0 Å². The molecule has 4 nitrogen and oxygen atoms in total. The van der Waals surface area contributed by atoms with E-state index in [9.17, 15) is 0 Å². The van der Waals surface area contributed by atoms with Gasteiger partial charge in [0, 0.05) is 0 Å². The Morgan fingerprint density at radius 3 is 1.05 bits per heavy atom. The molecule has 0 fully saturated rings. The van der Waals surface area contributed by atoms with Gasteiger partial charge < -0.3 is 15.5 Å². The van der Waals surface area contributed by atoms with E-state index in [0.29, 0.717) is 0 Å². The molecule has 0 aliphatic carbocycles. The van der Waals surface area contributed by atoms with Crippen molar-refractivity contribution >= 4 is 13.6 Å². The van der Waals surface area contributed by atoms with Crippen molar-refractivity contribution in [2.45, 2.75) is 48.5 Å². The van der Waals surface area contributed by atoms with Crippen molar-refractivity contribution in [3.05, 3.63) is 28.4 Å². The molecule has 0 aliphatic heterocycles. The third kappa shape index (κ3) is 15.0. The van der Waals surface area contributed by atoms with Gasteiger partial charge in [-0.25, -0.2) is 0 Å². The molecular formula is C14H23N2O2Ru. The Labute approximate surface area is 130 Å². The fourth-order valence-corrected chi connectivity index (χ4v) is 0.843. The first-order valence-corrected chi connectivity index (χ1v) is 5.37. The Morgan fingerprint density at radius 2 is 0.895 bits per heavy atom. The van der Waals surface area contributed by atoms with E-state index in [2.05, 4.69) is 58.4 Å². The molecule has 1 heterocycles. The minimum absolute atomic E-state index is 0. The first-order valence-electron chi connectivity index (χ1n) is 5.37. The van der Waals surface area contributed by atoms with Crippen molar-refractivity contribution in [2.75, 3.05) is 0 Å². The average Bonchev–Trinajstić information content (AvgIpc) is 2.36. The fourth-order valence-electron chi connectivity index (χ4n) is 0.843. The summed E-state index contributed by atoms with van der Waals surface area (Å²) >= 11 is 0. The van der Waals surface area contributed by atoms with E-state index < -0.39 is 0 Å². The molecule has 1 aromatic rings. The van der Waals surface area contributed by atoms with Crippen LogP contribution >= 0.6 is 0 Å². The molecule has 0 spiro atoms.